The normalized spacial score (nSPS) is 14.8. The van der Waals surface area contributed by atoms with Crippen LogP contribution >= 0.6 is 0 Å². The van der Waals surface area contributed by atoms with Gasteiger partial charge in [0.1, 0.15) is 0 Å². The van der Waals surface area contributed by atoms with Crippen LogP contribution in [-0.2, 0) is 5.60 Å². The summed E-state index contributed by atoms with van der Waals surface area (Å²) in [5.41, 5.74) is 7.85. The molecule has 1 rings (SSSR count). The Morgan fingerprint density at radius 3 is 2.56 bits per heavy atom. The van der Waals surface area contributed by atoms with E-state index in [4.69, 9.17) is 5.73 Å². The van der Waals surface area contributed by atoms with E-state index in [9.17, 15) is 5.11 Å². The van der Waals surface area contributed by atoms with Gasteiger partial charge in [-0.15, -0.1) is 0 Å². The maximum absolute atomic E-state index is 10.4. The summed E-state index contributed by atoms with van der Waals surface area (Å²) in [4.78, 5) is 0. The Morgan fingerprint density at radius 1 is 1.31 bits per heavy atom. The van der Waals surface area contributed by atoms with Crippen LogP contribution in [0.15, 0.2) is 18.2 Å². The van der Waals surface area contributed by atoms with Gasteiger partial charge in [0, 0.05) is 5.69 Å². The molecule has 16 heavy (non-hydrogen) atoms. The molecule has 2 heteroatoms. The minimum atomic E-state index is -0.753. The van der Waals surface area contributed by atoms with Crippen molar-refractivity contribution in [2.45, 2.75) is 52.1 Å². The SMILES string of the molecule is CCCCCC(C)(O)c1ccc(C)c(N)c1. The molecule has 0 aliphatic rings. The van der Waals surface area contributed by atoms with Crippen LogP contribution < -0.4 is 5.73 Å². The number of anilines is 1. The number of aliphatic hydroxyl groups is 1. The first-order chi connectivity index (χ1) is 7.47. The summed E-state index contributed by atoms with van der Waals surface area (Å²) in [6.45, 7) is 6.01. The Morgan fingerprint density at radius 2 is 2.00 bits per heavy atom. The van der Waals surface area contributed by atoms with Gasteiger partial charge in [-0.2, -0.15) is 0 Å². The third-order valence-corrected chi connectivity index (χ3v) is 3.17. The van der Waals surface area contributed by atoms with Crippen LogP contribution in [0.3, 0.4) is 0 Å². The van der Waals surface area contributed by atoms with E-state index in [0.717, 1.165) is 36.1 Å². The predicted molar refractivity (Wildman–Crippen MR) is 69.3 cm³/mol. The van der Waals surface area contributed by atoms with E-state index in [1.165, 1.54) is 6.42 Å². The molecule has 1 unspecified atom stereocenters. The third-order valence-electron chi connectivity index (χ3n) is 3.17. The molecular formula is C14H23NO. The van der Waals surface area contributed by atoms with Gasteiger partial charge in [-0.05, 0) is 37.5 Å². The van der Waals surface area contributed by atoms with Gasteiger partial charge in [0.25, 0.3) is 0 Å². The standard InChI is InChI=1S/C14H23NO/c1-4-5-6-9-14(3,16)12-8-7-11(2)13(15)10-12/h7-8,10,16H,4-6,9,15H2,1-3H3. The Hall–Kier alpha value is -1.02. The summed E-state index contributed by atoms with van der Waals surface area (Å²) in [7, 11) is 0. The number of nitrogens with two attached hydrogens (primary N) is 1. The lowest BCUT2D eigenvalue weighted by Crippen LogP contribution is -2.21. The molecule has 0 aromatic heterocycles. The summed E-state index contributed by atoms with van der Waals surface area (Å²) in [5.74, 6) is 0. The quantitative estimate of drug-likeness (QED) is 0.591. The molecule has 0 saturated heterocycles. The van der Waals surface area contributed by atoms with Crippen molar-refractivity contribution in [3.8, 4) is 0 Å². The lowest BCUT2D eigenvalue weighted by Gasteiger charge is -2.24. The molecule has 0 fully saturated rings. The molecular weight excluding hydrogens is 198 g/mol. The first kappa shape index (κ1) is 13.0. The molecule has 1 aromatic carbocycles. The fraction of sp³-hybridized carbons (Fsp3) is 0.571. The second-order valence-corrected chi connectivity index (χ2v) is 4.80. The van der Waals surface area contributed by atoms with Crippen LogP contribution in [0.2, 0.25) is 0 Å². The average molecular weight is 221 g/mol. The van der Waals surface area contributed by atoms with E-state index in [1.54, 1.807) is 0 Å². The van der Waals surface area contributed by atoms with Crippen molar-refractivity contribution in [2.24, 2.45) is 0 Å². The summed E-state index contributed by atoms with van der Waals surface area (Å²) in [6, 6.07) is 5.83. The van der Waals surface area contributed by atoms with Crippen LogP contribution in [0, 0.1) is 6.92 Å². The van der Waals surface area contributed by atoms with Crippen LogP contribution in [-0.4, -0.2) is 5.11 Å². The maximum Gasteiger partial charge on any atom is 0.0869 e. The van der Waals surface area contributed by atoms with Crippen LogP contribution in [0.1, 0.15) is 50.7 Å². The Balaban J connectivity index is 2.76. The van der Waals surface area contributed by atoms with E-state index in [1.807, 2.05) is 32.0 Å². The molecule has 0 radical (unpaired) electrons. The highest BCUT2D eigenvalue weighted by Crippen LogP contribution is 2.29. The molecule has 3 N–H and O–H groups in total. The Bertz CT molecular complexity index is 345. The lowest BCUT2D eigenvalue weighted by atomic mass is 9.89. The first-order valence-electron chi connectivity index (χ1n) is 6.06. The van der Waals surface area contributed by atoms with Gasteiger partial charge in [0.15, 0.2) is 0 Å². The van der Waals surface area contributed by atoms with Gasteiger partial charge in [0.05, 0.1) is 5.60 Å². The summed E-state index contributed by atoms with van der Waals surface area (Å²) in [5, 5.41) is 10.4. The van der Waals surface area contributed by atoms with Crippen molar-refractivity contribution in [3.63, 3.8) is 0 Å². The largest absolute Gasteiger partial charge is 0.399 e. The fourth-order valence-electron chi connectivity index (χ4n) is 1.84. The van der Waals surface area contributed by atoms with Gasteiger partial charge in [-0.3, -0.25) is 0 Å². The minimum Gasteiger partial charge on any atom is -0.399 e. The highest BCUT2D eigenvalue weighted by Gasteiger charge is 2.22. The molecule has 0 bridgehead atoms. The molecule has 0 heterocycles. The topological polar surface area (TPSA) is 46.2 Å². The van der Waals surface area contributed by atoms with Gasteiger partial charge in [0.2, 0.25) is 0 Å². The van der Waals surface area contributed by atoms with Crippen LogP contribution in [0.25, 0.3) is 0 Å². The minimum absolute atomic E-state index is 0.753. The zero-order valence-corrected chi connectivity index (χ0v) is 10.6. The summed E-state index contributed by atoms with van der Waals surface area (Å²) < 4.78 is 0. The third kappa shape index (κ3) is 3.24. The number of hydrogen-bond donors (Lipinski definition) is 2. The predicted octanol–water partition coefficient (Wildman–Crippen LogP) is 3.37. The zero-order chi connectivity index (χ0) is 12.2. The molecule has 0 aliphatic carbocycles. The van der Waals surface area contributed by atoms with Crippen molar-refractivity contribution in [2.75, 3.05) is 5.73 Å². The molecule has 1 aromatic rings. The van der Waals surface area contributed by atoms with Crippen molar-refractivity contribution in [1.82, 2.24) is 0 Å². The maximum atomic E-state index is 10.4. The van der Waals surface area contributed by atoms with E-state index < -0.39 is 5.60 Å². The lowest BCUT2D eigenvalue weighted by molar-refractivity contribution is 0.0450. The van der Waals surface area contributed by atoms with Gasteiger partial charge < -0.3 is 10.8 Å². The summed E-state index contributed by atoms with van der Waals surface area (Å²) in [6.07, 6.45) is 4.18. The average Bonchev–Trinajstić information content (AvgIpc) is 2.22. The second-order valence-electron chi connectivity index (χ2n) is 4.80. The molecule has 2 nitrogen and oxygen atoms in total. The summed E-state index contributed by atoms with van der Waals surface area (Å²) >= 11 is 0. The van der Waals surface area contributed by atoms with Crippen molar-refractivity contribution in [1.29, 1.82) is 0 Å². The molecule has 0 amide bonds. The molecule has 0 aliphatic heterocycles. The van der Waals surface area contributed by atoms with E-state index in [2.05, 4.69) is 6.92 Å². The highest BCUT2D eigenvalue weighted by atomic mass is 16.3. The molecule has 90 valence electrons. The number of benzene rings is 1. The van der Waals surface area contributed by atoms with E-state index >= 15 is 0 Å². The van der Waals surface area contributed by atoms with Crippen LogP contribution in [0.4, 0.5) is 5.69 Å². The van der Waals surface area contributed by atoms with Crippen LogP contribution in [0.5, 0.6) is 0 Å². The number of hydrogen-bond acceptors (Lipinski definition) is 2. The van der Waals surface area contributed by atoms with E-state index in [-0.39, 0.29) is 0 Å². The molecule has 0 saturated carbocycles. The second kappa shape index (κ2) is 5.35. The Labute approximate surface area is 98.5 Å². The smallest absolute Gasteiger partial charge is 0.0869 e. The van der Waals surface area contributed by atoms with Gasteiger partial charge in [-0.1, -0.05) is 38.3 Å². The number of nitrogen functional groups attached to an aromatic ring is 1. The Kier molecular flexibility index (Phi) is 4.36. The fourth-order valence-corrected chi connectivity index (χ4v) is 1.84. The van der Waals surface area contributed by atoms with Gasteiger partial charge in [-0.25, -0.2) is 0 Å². The number of rotatable bonds is 5. The van der Waals surface area contributed by atoms with Gasteiger partial charge >= 0.3 is 0 Å². The van der Waals surface area contributed by atoms with Crippen molar-refractivity contribution in [3.05, 3.63) is 29.3 Å². The highest BCUT2D eigenvalue weighted by molar-refractivity contribution is 5.49. The van der Waals surface area contributed by atoms with E-state index in [0.29, 0.717) is 0 Å². The monoisotopic (exact) mass is 221 g/mol. The molecule has 1 atom stereocenters. The van der Waals surface area contributed by atoms with Crippen molar-refractivity contribution >= 4 is 5.69 Å². The number of unbranched alkanes of at least 4 members (excludes halogenated alkanes) is 2. The number of aryl methyl sites for hydroxylation is 1. The van der Waals surface area contributed by atoms with Crippen molar-refractivity contribution < 1.29 is 5.11 Å². The zero-order valence-electron chi connectivity index (χ0n) is 10.6. The molecule has 0 spiro atoms. The first-order valence-corrected chi connectivity index (χ1v) is 6.06.